The minimum Gasteiger partial charge on any atom is -0.490 e. The topological polar surface area (TPSA) is 68.9 Å². The Kier molecular flexibility index (Phi) is 7.35. The third kappa shape index (κ3) is 5.45. The number of fused-ring (bicyclic) bond motifs is 1. The van der Waals surface area contributed by atoms with E-state index in [4.69, 9.17) is 15.2 Å². The van der Waals surface area contributed by atoms with E-state index in [2.05, 4.69) is 16.9 Å². The first-order valence-electron chi connectivity index (χ1n) is 6.72. The van der Waals surface area contributed by atoms with Crippen LogP contribution in [0.15, 0.2) is 35.3 Å². The van der Waals surface area contributed by atoms with Crippen molar-refractivity contribution in [3.05, 3.63) is 35.9 Å². The fourth-order valence-electron chi connectivity index (χ4n) is 1.85. The first-order valence-corrected chi connectivity index (χ1v) is 6.72. The van der Waals surface area contributed by atoms with Gasteiger partial charge in [0.15, 0.2) is 17.5 Å². The Balaban J connectivity index is 0.00000220. The molecule has 0 spiro atoms. The predicted molar refractivity (Wildman–Crippen MR) is 95.6 cm³/mol. The van der Waals surface area contributed by atoms with E-state index in [1.54, 1.807) is 0 Å². The molecule has 1 heterocycles. The molecule has 1 aromatic rings. The number of nitrogens with two attached hydrogens (primary N) is 1. The maximum absolute atomic E-state index is 5.80. The normalized spacial score (nSPS) is 13.9. The average Bonchev–Trinajstić information content (AvgIpc) is 2.68. The Morgan fingerprint density at radius 1 is 1.38 bits per heavy atom. The smallest absolute Gasteiger partial charge is 0.189 e. The molecule has 0 bridgehead atoms. The van der Waals surface area contributed by atoms with Crippen LogP contribution < -0.4 is 20.5 Å². The number of benzene rings is 1. The molecule has 2 rings (SSSR count). The van der Waals surface area contributed by atoms with E-state index in [0.717, 1.165) is 29.1 Å². The number of guanidine groups is 1. The van der Waals surface area contributed by atoms with Crippen molar-refractivity contribution in [1.82, 2.24) is 5.32 Å². The van der Waals surface area contributed by atoms with Crippen molar-refractivity contribution in [2.24, 2.45) is 10.7 Å². The molecule has 0 atom stereocenters. The average molecular weight is 403 g/mol. The van der Waals surface area contributed by atoms with Gasteiger partial charge < -0.3 is 20.5 Å². The van der Waals surface area contributed by atoms with Crippen LogP contribution in [0.4, 0.5) is 0 Å². The van der Waals surface area contributed by atoms with Crippen LogP contribution >= 0.6 is 24.0 Å². The lowest BCUT2D eigenvalue weighted by Gasteiger charge is -2.11. The van der Waals surface area contributed by atoms with Gasteiger partial charge in [-0.05, 0) is 13.0 Å². The highest BCUT2D eigenvalue weighted by Crippen LogP contribution is 2.33. The monoisotopic (exact) mass is 403 g/mol. The van der Waals surface area contributed by atoms with Gasteiger partial charge in [-0.3, -0.25) is 0 Å². The molecular weight excluding hydrogens is 381 g/mol. The quantitative estimate of drug-likeness (QED) is 0.351. The van der Waals surface area contributed by atoms with Gasteiger partial charge in [-0.25, -0.2) is 4.99 Å². The van der Waals surface area contributed by atoms with E-state index < -0.39 is 0 Å². The molecular formula is C15H22IN3O2. The molecule has 5 nitrogen and oxygen atoms in total. The molecule has 0 aliphatic carbocycles. The number of halogens is 1. The number of nitrogens with zero attached hydrogens (tertiary/aromatic N) is 1. The second kappa shape index (κ2) is 8.76. The third-order valence-electron chi connectivity index (χ3n) is 2.84. The van der Waals surface area contributed by atoms with Gasteiger partial charge in [-0.1, -0.05) is 24.3 Å². The lowest BCUT2D eigenvalue weighted by Crippen LogP contribution is -2.32. The Morgan fingerprint density at radius 2 is 2.14 bits per heavy atom. The SMILES string of the molecule is C=C(C)CNC(N)=NCc1cccc2c1OCCCO2.I. The summed E-state index contributed by atoms with van der Waals surface area (Å²) >= 11 is 0. The number of hydrogen-bond donors (Lipinski definition) is 2. The van der Waals surface area contributed by atoms with Crippen LogP contribution in [0.25, 0.3) is 0 Å². The van der Waals surface area contributed by atoms with Crippen molar-refractivity contribution >= 4 is 29.9 Å². The molecule has 1 aromatic carbocycles. The summed E-state index contributed by atoms with van der Waals surface area (Å²) in [5, 5.41) is 3.00. The van der Waals surface area contributed by atoms with E-state index in [1.807, 2.05) is 25.1 Å². The molecule has 3 N–H and O–H groups in total. The van der Waals surface area contributed by atoms with E-state index in [0.29, 0.717) is 32.3 Å². The van der Waals surface area contributed by atoms with Gasteiger partial charge in [-0.2, -0.15) is 0 Å². The first-order chi connectivity index (χ1) is 9.66. The fourth-order valence-corrected chi connectivity index (χ4v) is 1.85. The maximum Gasteiger partial charge on any atom is 0.189 e. The summed E-state index contributed by atoms with van der Waals surface area (Å²) in [5.74, 6) is 1.96. The maximum atomic E-state index is 5.80. The zero-order valence-electron chi connectivity index (χ0n) is 12.2. The van der Waals surface area contributed by atoms with Gasteiger partial charge in [0.05, 0.1) is 19.8 Å². The highest BCUT2D eigenvalue weighted by atomic mass is 127. The van der Waals surface area contributed by atoms with Crippen molar-refractivity contribution in [3.8, 4) is 11.5 Å². The number of aliphatic imine (C=N–C) groups is 1. The molecule has 6 heteroatoms. The van der Waals surface area contributed by atoms with Crippen molar-refractivity contribution in [3.63, 3.8) is 0 Å². The summed E-state index contributed by atoms with van der Waals surface area (Å²) in [4.78, 5) is 4.31. The fraction of sp³-hybridized carbons (Fsp3) is 0.400. The minimum atomic E-state index is 0. The molecule has 0 aromatic heterocycles. The van der Waals surface area contributed by atoms with Gasteiger partial charge >= 0.3 is 0 Å². The summed E-state index contributed by atoms with van der Waals surface area (Å²) < 4.78 is 11.4. The van der Waals surface area contributed by atoms with Crippen LogP contribution in [0.2, 0.25) is 0 Å². The highest BCUT2D eigenvalue weighted by molar-refractivity contribution is 14.0. The van der Waals surface area contributed by atoms with Crippen LogP contribution in [0.3, 0.4) is 0 Å². The molecule has 0 fully saturated rings. The molecule has 1 aliphatic heterocycles. The molecule has 116 valence electrons. The summed E-state index contributed by atoms with van der Waals surface area (Å²) in [7, 11) is 0. The molecule has 0 amide bonds. The van der Waals surface area contributed by atoms with Gasteiger partial charge in [0.1, 0.15) is 0 Å². The highest BCUT2D eigenvalue weighted by Gasteiger charge is 2.13. The predicted octanol–water partition coefficient (Wildman–Crippen LogP) is 2.45. The van der Waals surface area contributed by atoms with E-state index >= 15 is 0 Å². The second-order valence-corrected chi connectivity index (χ2v) is 4.81. The number of nitrogens with one attached hydrogen (secondary N) is 1. The molecule has 0 unspecified atom stereocenters. The zero-order chi connectivity index (χ0) is 14.4. The van der Waals surface area contributed by atoms with Crippen molar-refractivity contribution in [2.45, 2.75) is 19.9 Å². The van der Waals surface area contributed by atoms with E-state index in [-0.39, 0.29) is 24.0 Å². The zero-order valence-corrected chi connectivity index (χ0v) is 14.6. The number of rotatable bonds is 4. The molecule has 0 saturated heterocycles. The standard InChI is InChI=1S/C15H21N3O2.HI/c1-11(2)9-17-15(16)18-10-12-5-3-6-13-14(12)20-8-4-7-19-13;/h3,5-6H,1,4,7-10H2,2H3,(H3,16,17,18);1H. The van der Waals surface area contributed by atoms with Crippen LogP contribution in [-0.4, -0.2) is 25.7 Å². The van der Waals surface area contributed by atoms with Crippen molar-refractivity contribution in [2.75, 3.05) is 19.8 Å². The Morgan fingerprint density at radius 3 is 2.90 bits per heavy atom. The van der Waals surface area contributed by atoms with Crippen LogP contribution in [-0.2, 0) is 6.54 Å². The number of para-hydroxylation sites is 1. The Labute approximate surface area is 142 Å². The third-order valence-corrected chi connectivity index (χ3v) is 2.84. The second-order valence-electron chi connectivity index (χ2n) is 4.81. The summed E-state index contributed by atoms with van der Waals surface area (Å²) in [6.07, 6.45) is 0.889. The van der Waals surface area contributed by atoms with Crippen LogP contribution in [0, 0.1) is 0 Å². The minimum absolute atomic E-state index is 0. The van der Waals surface area contributed by atoms with Gasteiger partial charge in [-0.15, -0.1) is 24.0 Å². The van der Waals surface area contributed by atoms with E-state index in [1.165, 1.54) is 0 Å². The number of ether oxygens (including phenoxy) is 2. The first kappa shape index (κ1) is 17.6. The summed E-state index contributed by atoms with van der Waals surface area (Å²) in [6, 6.07) is 5.83. The number of hydrogen-bond acceptors (Lipinski definition) is 3. The van der Waals surface area contributed by atoms with E-state index in [9.17, 15) is 0 Å². The van der Waals surface area contributed by atoms with Gasteiger partial charge in [0.2, 0.25) is 0 Å². The molecule has 21 heavy (non-hydrogen) atoms. The molecule has 0 saturated carbocycles. The summed E-state index contributed by atoms with van der Waals surface area (Å²) in [6.45, 7) is 8.17. The lowest BCUT2D eigenvalue weighted by atomic mass is 10.2. The van der Waals surface area contributed by atoms with Crippen LogP contribution in [0.1, 0.15) is 18.9 Å². The largest absolute Gasteiger partial charge is 0.490 e. The van der Waals surface area contributed by atoms with Crippen molar-refractivity contribution < 1.29 is 9.47 Å². The van der Waals surface area contributed by atoms with Crippen molar-refractivity contribution in [1.29, 1.82) is 0 Å². The Bertz CT molecular complexity index is 518. The molecule has 1 aliphatic rings. The van der Waals surface area contributed by atoms with Gasteiger partial charge in [0.25, 0.3) is 0 Å². The Hall–Kier alpha value is -1.44. The summed E-state index contributed by atoms with van der Waals surface area (Å²) in [5.41, 5.74) is 7.79. The molecule has 0 radical (unpaired) electrons. The van der Waals surface area contributed by atoms with Crippen LogP contribution in [0.5, 0.6) is 11.5 Å². The van der Waals surface area contributed by atoms with Gasteiger partial charge in [0, 0.05) is 18.5 Å². The lowest BCUT2D eigenvalue weighted by molar-refractivity contribution is 0.296.